The molecular weight excluding hydrogens is 300 g/mol. The summed E-state index contributed by atoms with van der Waals surface area (Å²) in [5.41, 5.74) is 2.68. The summed E-state index contributed by atoms with van der Waals surface area (Å²) >= 11 is 0. The van der Waals surface area contributed by atoms with Crippen molar-refractivity contribution >= 4 is 11.4 Å². The zero-order chi connectivity index (χ0) is 17.0. The van der Waals surface area contributed by atoms with Gasteiger partial charge >= 0.3 is 0 Å². The molecule has 0 atom stereocenters. The second-order valence-electron chi connectivity index (χ2n) is 5.13. The van der Waals surface area contributed by atoms with Crippen molar-refractivity contribution in [2.75, 3.05) is 0 Å². The molecule has 0 heterocycles. The van der Waals surface area contributed by atoms with E-state index in [2.05, 4.69) is 0 Å². The second-order valence-corrected chi connectivity index (χ2v) is 5.13. The van der Waals surface area contributed by atoms with Gasteiger partial charge in [0.15, 0.2) is 0 Å². The van der Waals surface area contributed by atoms with E-state index in [0.717, 1.165) is 11.1 Å². The number of benzene rings is 2. The normalized spacial score (nSPS) is 10.5. The molecule has 0 bridgehead atoms. The van der Waals surface area contributed by atoms with Crippen LogP contribution in [0.25, 0.3) is 0 Å². The molecule has 2 rings (SSSR count). The SMILES string of the molecule is Cc1c(COCc2cccc([N+](=O)[O-])c2C)cccc1[N+](=O)[O-]. The average Bonchev–Trinajstić information content (AvgIpc) is 2.50. The molecule has 0 aliphatic heterocycles. The summed E-state index contributed by atoms with van der Waals surface area (Å²) in [6.45, 7) is 3.76. The lowest BCUT2D eigenvalue weighted by Crippen LogP contribution is -2.01. The molecule has 0 amide bonds. The highest BCUT2D eigenvalue weighted by atomic mass is 16.6. The van der Waals surface area contributed by atoms with Gasteiger partial charge in [0.25, 0.3) is 11.4 Å². The van der Waals surface area contributed by atoms with E-state index in [4.69, 9.17) is 4.74 Å². The largest absolute Gasteiger partial charge is 0.372 e. The molecule has 0 aromatic heterocycles. The fraction of sp³-hybridized carbons (Fsp3) is 0.250. The summed E-state index contributed by atoms with van der Waals surface area (Å²) in [4.78, 5) is 21.0. The van der Waals surface area contributed by atoms with Crippen molar-refractivity contribution in [3.63, 3.8) is 0 Å². The number of nitro groups is 2. The Morgan fingerprint density at radius 1 is 0.826 bits per heavy atom. The maximum absolute atomic E-state index is 10.9. The Kier molecular flexibility index (Phi) is 5.02. The smallest absolute Gasteiger partial charge is 0.272 e. The first-order chi connectivity index (χ1) is 10.9. The lowest BCUT2D eigenvalue weighted by Gasteiger charge is -2.09. The average molecular weight is 316 g/mol. The monoisotopic (exact) mass is 316 g/mol. The number of nitro benzene ring substituents is 2. The quantitative estimate of drug-likeness (QED) is 0.596. The Morgan fingerprint density at radius 2 is 1.22 bits per heavy atom. The van der Waals surface area contributed by atoms with Gasteiger partial charge in [-0.15, -0.1) is 0 Å². The van der Waals surface area contributed by atoms with Gasteiger partial charge in [0.2, 0.25) is 0 Å². The van der Waals surface area contributed by atoms with Crippen molar-refractivity contribution in [2.45, 2.75) is 27.1 Å². The number of hydrogen-bond donors (Lipinski definition) is 0. The Hall–Kier alpha value is -2.80. The van der Waals surface area contributed by atoms with Crippen LogP contribution in [0, 0.1) is 34.1 Å². The summed E-state index contributed by atoms with van der Waals surface area (Å²) in [6, 6.07) is 9.66. The summed E-state index contributed by atoms with van der Waals surface area (Å²) in [5.74, 6) is 0. The molecule has 0 fully saturated rings. The highest BCUT2D eigenvalue weighted by molar-refractivity contribution is 5.45. The van der Waals surface area contributed by atoms with Crippen LogP contribution in [-0.2, 0) is 18.0 Å². The summed E-state index contributed by atoms with van der Waals surface area (Å²) in [7, 11) is 0. The van der Waals surface area contributed by atoms with Crippen molar-refractivity contribution in [1.82, 2.24) is 0 Å². The molecule has 2 aromatic carbocycles. The van der Waals surface area contributed by atoms with Crippen LogP contribution in [-0.4, -0.2) is 9.85 Å². The van der Waals surface area contributed by atoms with E-state index >= 15 is 0 Å². The molecule has 7 heteroatoms. The molecule has 7 nitrogen and oxygen atoms in total. The van der Waals surface area contributed by atoms with Crippen LogP contribution in [0.4, 0.5) is 11.4 Å². The number of rotatable bonds is 6. The summed E-state index contributed by atoms with van der Waals surface area (Å²) in [6.07, 6.45) is 0. The van der Waals surface area contributed by atoms with Crippen molar-refractivity contribution < 1.29 is 14.6 Å². The third-order valence-electron chi connectivity index (χ3n) is 3.74. The zero-order valence-electron chi connectivity index (χ0n) is 12.8. The second kappa shape index (κ2) is 6.97. The highest BCUT2D eigenvalue weighted by Crippen LogP contribution is 2.24. The van der Waals surface area contributed by atoms with Gasteiger partial charge in [-0.3, -0.25) is 20.2 Å². The number of nitrogens with zero attached hydrogens (tertiary/aromatic N) is 2. The van der Waals surface area contributed by atoms with Gasteiger partial charge in [0.1, 0.15) is 0 Å². The predicted molar refractivity (Wildman–Crippen MR) is 84.2 cm³/mol. The van der Waals surface area contributed by atoms with Crippen LogP contribution >= 0.6 is 0 Å². The number of ether oxygens (including phenoxy) is 1. The summed E-state index contributed by atoms with van der Waals surface area (Å²) in [5, 5.41) is 21.8. The Morgan fingerprint density at radius 3 is 1.57 bits per heavy atom. The maximum atomic E-state index is 10.9. The highest BCUT2D eigenvalue weighted by Gasteiger charge is 2.15. The van der Waals surface area contributed by atoms with Gasteiger partial charge in [-0.1, -0.05) is 24.3 Å². The van der Waals surface area contributed by atoms with Gasteiger partial charge in [0, 0.05) is 23.3 Å². The van der Waals surface area contributed by atoms with Gasteiger partial charge in [-0.2, -0.15) is 0 Å². The van der Waals surface area contributed by atoms with Crippen LogP contribution in [0.15, 0.2) is 36.4 Å². The van der Waals surface area contributed by atoms with Crippen molar-refractivity contribution in [3.8, 4) is 0 Å². The van der Waals surface area contributed by atoms with Crippen LogP contribution in [0.5, 0.6) is 0 Å². The molecule has 2 aromatic rings. The molecule has 120 valence electrons. The van der Waals surface area contributed by atoms with E-state index in [1.807, 2.05) is 0 Å². The van der Waals surface area contributed by atoms with E-state index in [0.29, 0.717) is 11.1 Å². The molecule has 0 unspecified atom stereocenters. The standard InChI is InChI=1S/C16H16N2O5/c1-11-13(5-3-7-15(11)17(19)20)9-23-10-14-6-4-8-16(12(14)2)18(21)22/h3-8H,9-10H2,1-2H3. The molecule has 0 radical (unpaired) electrons. The predicted octanol–water partition coefficient (Wildman–Crippen LogP) is 3.84. The fourth-order valence-corrected chi connectivity index (χ4v) is 2.32. The zero-order valence-corrected chi connectivity index (χ0v) is 12.8. The first-order valence-electron chi connectivity index (χ1n) is 6.95. The minimum Gasteiger partial charge on any atom is -0.372 e. The Balaban J connectivity index is 2.09. The first kappa shape index (κ1) is 16.6. The molecule has 0 spiro atoms. The molecule has 23 heavy (non-hydrogen) atoms. The van der Waals surface area contributed by atoms with Gasteiger partial charge in [0.05, 0.1) is 23.1 Å². The van der Waals surface area contributed by atoms with Crippen molar-refractivity contribution in [1.29, 1.82) is 0 Å². The summed E-state index contributed by atoms with van der Waals surface area (Å²) < 4.78 is 5.59. The lowest BCUT2D eigenvalue weighted by atomic mass is 10.1. The molecule has 0 aliphatic carbocycles. The van der Waals surface area contributed by atoms with Gasteiger partial charge < -0.3 is 4.74 Å². The van der Waals surface area contributed by atoms with Crippen molar-refractivity contribution in [3.05, 3.63) is 78.9 Å². The van der Waals surface area contributed by atoms with Gasteiger partial charge in [-0.05, 0) is 25.0 Å². The van der Waals surface area contributed by atoms with E-state index in [-0.39, 0.29) is 24.6 Å². The molecule has 0 aliphatic rings. The van der Waals surface area contributed by atoms with Crippen LogP contribution in [0.2, 0.25) is 0 Å². The van der Waals surface area contributed by atoms with E-state index in [9.17, 15) is 20.2 Å². The third kappa shape index (κ3) is 3.70. The fourth-order valence-electron chi connectivity index (χ4n) is 2.32. The maximum Gasteiger partial charge on any atom is 0.272 e. The molecule has 0 saturated heterocycles. The Bertz CT molecular complexity index is 695. The third-order valence-corrected chi connectivity index (χ3v) is 3.74. The topological polar surface area (TPSA) is 95.5 Å². The molecule has 0 saturated carbocycles. The lowest BCUT2D eigenvalue weighted by molar-refractivity contribution is -0.385. The van der Waals surface area contributed by atoms with Crippen LogP contribution in [0.3, 0.4) is 0 Å². The first-order valence-corrected chi connectivity index (χ1v) is 6.95. The van der Waals surface area contributed by atoms with Crippen LogP contribution in [0.1, 0.15) is 22.3 Å². The van der Waals surface area contributed by atoms with Crippen LogP contribution < -0.4 is 0 Å². The van der Waals surface area contributed by atoms with Crippen molar-refractivity contribution in [2.24, 2.45) is 0 Å². The molecule has 0 N–H and O–H groups in total. The van der Waals surface area contributed by atoms with Gasteiger partial charge in [-0.25, -0.2) is 0 Å². The minimum atomic E-state index is -0.427. The van der Waals surface area contributed by atoms with E-state index in [1.165, 1.54) is 12.1 Å². The van der Waals surface area contributed by atoms with E-state index < -0.39 is 9.85 Å². The Labute approximate surface area is 132 Å². The number of hydrogen-bond acceptors (Lipinski definition) is 5. The molecular formula is C16H16N2O5. The minimum absolute atomic E-state index is 0.0534. The van der Waals surface area contributed by atoms with E-state index in [1.54, 1.807) is 38.1 Å².